The van der Waals surface area contributed by atoms with Crippen molar-refractivity contribution in [1.29, 1.82) is 0 Å². The van der Waals surface area contributed by atoms with E-state index in [-0.39, 0.29) is 0 Å². The maximum Gasteiger partial charge on any atom is 0.143 e. The van der Waals surface area contributed by atoms with Crippen LogP contribution in [0, 0.1) is 0 Å². The summed E-state index contributed by atoms with van der Waals surface area (Å²) in [5, 5.41) is 4.40. The first-order valence-electron chi connectivity index (χ1n) is 19.3. The number of hydrogen-bond donors (Lipinski definition) is 0. The molecule has 3 nitrogen and oxygen atoms in total. The number of fused-ring (bicyclic) bond motifs is 6. The second-order valence-electron chi connectivity index (χ2n) is 14.4. The van der Waals surface area contributed by atoms with Gasteiger partial charge in [0.2, 0.25) is 0 Å². The normalized spacial score (nSPS) is 11.5. The average Bonchev–Trinajstić information content (AvgIpc) is 3.86. The number of furan rings is 2. The van der Waals surface area contributed by atoms with Gasteiger partial charge in [-0.3, -0.25) is 0 Å². The van der Waals surface area contributed by atoms with Gasteiger partial charge in [0.15, 0.2) is 0 Å². The molecule has 0 saturated carbocycles. The highest BCUT2D eigenvalue weighted by Crippen LogP contribution is 2.49. The van der Waals surface area contributed by atoms with Crippen LogP contribution in [0.5, 0.6) is 0 Å². The lowest BCUT2D eigenvalue weighted by Crippen LogP contribution is -2.12. The highest BCUT2D eigenvalue weighted by Gasteiger charge is 2.24. The molecule has 3 heteroatoms. The molecule has 268 valence electrons. The zero-order chi connectivity index (χ0) is 37.7. The zero-order valence-electron chi connectivity index (χ0n) is 31.0. The molecular weight excluding hydrogens is 695 g/mol. The lowest BCUT2D eigenvalue weighted by molar-refractivity contribution is 0.669. The van der Waals surface area contributed by atoms with E-state index in [0.717, 1.165) is 88.8 Å². The minimum Gasteiger partial charge on any atom is -0.456 e. The van der Waals surface area contributed by atoms with Crippen LogP contribution in [0.1, 0.15) is 0 Å². The van der Waals surface area contributed by atoms with Crippen molar-refractivity contribution in [2.75, 3.05) is 4.90 Å². The van der Waals surface area contributed by atoms with Crippen LogP contribution in [0.15, 0.2) is 221 Å². The SMILES string of the molecule is c1ccc(-c2ccccc2-c2ccccc2-c2ccccc2N(c2ccc3c(c2)oc2ccccc23)c2ccccc2-c2cccc3c2oc2ccccc23)cc1. The summed E-state index contributed by atoms with van der Waals surface area (Å²) in [6.45, 7) is 0. The number of rotatable bonds is 7. The van der Waals surface area contributed by atoms with Crippen LogP contribution in [0.4, 0.5) is 17.1 Å². The Bertz CT molecular complexity index is 3260. The predicted octanol–water partition coefficient (Wildman–Crippen LogP) is 15.6. The van der Waals surface area contributed by atoms with Gasteiger partial charge in [0.25, 0.3) is 0 Å². The van der Waals surface area contributed by atoms with Crippen molar-refractivity contribution in [2.45, 2.75) is 0 Å². The summed E-state index contributed by atoms with van der Waals surface area (Å²) < 4.78 is 13.2. The maximum absolute atomic E-state index is 6.65. The van der Waals surface area contributed by atoms with Crippen molar-refractivity contribution < 1.29 is 8.83 Å². The molecule has 11 rings (SSSR count). The van der Waals surface area contributed by atoms with Crippen LogP contribution in [0.2, 0.25) is 0 Å². The summed E-state index contributed by atoms with van der Waals surface area (Å²) in [5.74, 6) is 0. The molecule has 0 spiro atoms. The van der Waals surface area contributed by atoms with Crippen LogP contribution >= 0.6 is 0 Å². The summed E-state index contributed by atoms with van der Waals surface area (Å²) in [6, 6.07) is 75.1. The van der Waals surface area contributed by atoms with E-state index < -0.39 is 0 Å². The fourth-order valence-corrected chi connectivity index (χ4v) is 8.55. The number of nitrogens with zero attached hydrogens (tertiary/aromatic N) is 1. The Morgan fingerprint density at radius 2 is 0.737 bits per heavy atom. The van der Waals surface area contributed by atoms with Crippen molar-refractivity contribution in [2.24, 2.45) is 0 Å². The van der Waals surface area contributed by atoms with Crippen LogP contribution < -0.4 is 4.90 Å². The van der Waals surface area contributed by atoms with Crippen LogP contribution in [0.25, 0.3) is 88.4 Å². The molecule has 0 aliphatic heterocycles. The van der Waals surface area contributed by atoms with Gasteiger partial charge in [-0.2, -0.15) is 0 Å². The molecule has 11 aromatic rings. The first-order valence-corrected chi connectivity index (χ1v) is 19.3. The van der Waals surface area contributed by atoms with Gasteiger partial charge in [-0.25, -0.2) is 0 Å². The van der Waals surface area contributed by atoms with E-state index in [1.165, 1.54) is 16.7 Å². The quantitative estimate of drug-likeness (QED) is 0.164. The van der Waals surface area contributed by atoms with Crippen molar-refractivity contribution in [1.82, 2.24) is 0 Å². The molecule has 0 N–H and O–H groups in total. The standard InChI is InChI=1S/C54H35NO2/c1-2-17-36(18-3-1)38-19-4-5-20-39(38)40-21-6-7-22-41(40)42-23-8-12-29-49(42)55(37-33-34-46-44-25-10-14-31-51(44)56-53(46)35-37)50-30-13-9-24-43(50)47-27-16-28-48-45-26-11-15-32-52(45)57-54(47)48/h1-35H. The minimum atomic E-state index is 0.838. The lowest BCUT2D eigenvalue weighted by atomic mass is 9.88. The van der Waals surface area contributed by atoms with Crippen LogP contribution in [-0.2, 0) is 0 Å². The van der Waals surface area contributed by atoms with Gasteiger partial charge in [0, 0.05) is 50.0 Å². The molecular formula is C54H35NO2. The van der Waals surface area contributed by atoms with Crippen molar-refractivity contribution in [3.63, 3.8) is 0 Å². The second-order valence-corrected chi connectivity index (χ2v) is 14.4. The number of para-hydroxylation sites is 5. The first kappa shape index (κ1) is 32.8. The Labute approximate surface area is 330 Å². The predicted molar refractivity (Wildman–Crippen MR) is 237 cm³/mol. The molecule has 0 aliphatic carbocycles. The van der Waals surface area contributed by atoms with E-state index in [1.54, 1.807) is 0 Å². The van der Waals surface area contributed by atoms with Gasteiger partial charge in [-0.05, 0) is 64.2 Å². The molecule has 0 fully saturated rings. The average molecular weight is 730 g/mol. The monoisotopic (exact) mass is 729 g/mol. The number of anilines is 3. The van der Waals surface area contributed by atoms with Gasteiger partial charge < -0.3 is 13.7 Å². The molecule has 0 saturated heterocycles. The fourth-order valence-electron chi connectivity index (χ4n) is 8.55. The fraction of sp³-hybridized carbons (Fsp3) is 0. The summed E-state index contributed by atoms with van der Waals surface area (Å²) >= 11 is 0. The molecule has 2 heterocycles. The Morgan fingerprint density at radius 1 is 0.281 bits per heavy atom. The third-order valence-electron chi connectivity index (χ3n) is 11.1. The zero-order valence-corrected chi connectivity index (χ0v) is 31.0. The Morgan fingerprint density at radius 3 is 1.44 bits per heavy atom. The van der Waals surface area contributed by atoms with Crippen molar-refractivity contribution in [3.8, 4) is 44.5 Å². The molecule has 0 aliphatic rings. The Balaban J connectivity index is 1.17. The number of benzene rings is 9. The van der Waals surface area contributed by atoms with Gasteiger partial charge in [0.05, 0.1) is 11.4 Å². The maximum atomic E-state index is 6.65. The van der Waals surface area contributed by atoms with Gasteiger partial charge >= 0.3 is 0 Å². The van der Waals surface area contributed by atoms with E-state index in [4.69, 9.17) is 8.83 Å². The first-order chi connectivity index (χ1) is 28.3. The molecule has 9 aromatic carbocycles. The van der Waals surface area contributed by atoms with Gasteiger partial charge in [-0.15, -0.1) is 0 Å². The highest BCUT2D eigenvalue weighted by molar-refractivity contribution is 6.12. The Kier molecular flexibility index (Phi) is 7.82. The summed E-state index contributed by atoms with van der Waals surface area (Å²) in [6.07, 6.45) is 0. The van der Waals surface area contributed by atoms with Crippen molar-refractivity contribution >= 4 is 60.9 Å². The summed E-state index contributed by atoms with van der Waals surface area (Å²) in [7, 11) is 0. The van der Waals surface area contributed by atoms with Gasteiger partial charge in [-0.1, -0.05) is 170 Å². The molecule has 0 amide bonds. The Hall–Kier alpha value is -7.62. The lowest BCUT2D eigenvalue weighted by Gasteiger charge is -2.30. The minimum absolute atomic E-state index is 0.838. The van der Waals surface area contributed by atoms with E-state index in [0.29, 0.717) is 0 Å². The molecule has 0 bridgehead atoms. The second kappa shape index (κ2) is 13.6. The number of hydrogen-bond acceptors (Lipinski definition) is 3. The third kappa shape index (κ3) is 5.51. The van der Waals surface area contributed by atoms with Crippen molar-refractivity contribution in [3.05, 3.63) is 212 Å². The van der Waals surface area contributed by atoms with Crippen LogP contribution in [-0.4, -0.2) is 0 Å². The topological polar surface area (TPSA) is 29.5 Å². The summed E-state index contributed by atoms with van der Waals surface area (Å²) in [4.78, 5) is 2.39. The molecule has 57 heavy (non-hydrogen) atoms. The van der Waals surface area contributed by atoms with Gasteiger partial charge in [0.1, 0.15) is 22.3 Å². The summed E-state index contributed by atoms with van der Waals surface area (Å²) in [5.41, 5.74) is 15.6. The van der Waals surface area contributed by atoms with Crippen LogP contribution in [0.3, 0.4) is 0 Å². The molecule has 0 radical (unpaired) electrons. The smallest absolute Gasteiger partial charge is 0.143 e. The van der Waals surface area contributed by atoms with E-state index in [2.05, 4.69) is 193 Å². The highest BCUT2D eigenvalue weighted by atomic mass is 16.3. The van der Waals surface area contributed by atoms with E-state index in [1.807, 2.05) is 24.3 Å². The third-order valence-corrected chi connectivity index (χ3v) is 11.1. The van der Waals surface area contributed by atoms with E-state index >= 15 is 0 Å². The molecule has 0 atom stereocenters. The largest absolute Gasteiger partial charge is 0.456 e. The molecule has 0 unspecified atom stereocenters. The van der Waals surface area contributed by atoms with E-state index in [9.17, 15) is 0 Å². The molecule has 2 aromatic heterocycles.